The highest BCUT2D eigenvalue weighted by atomic mass is 19.1. The van der Waals surface area contributed by atoms with E-state index in [0.29, 0.717) is 12.5 Å². The van der Waals surface area contributed by atoms with Gasteiger partial charge in [0.05, 0.1) is 11.4 Å². The number of aromatic nitrogens is 2. The highest BCUT2D eigenvalue weighted by Crippen LogP contribution is 2.34. The molecule has 0 fully saturated rings. The van der Waals surface area contributed by atoms with Crippen molar-refractivity contribution >= 4 is 0 Å². The van der Waals surface area contributed by atoms with E-state index in [9.17, 15) is 8.78 Å². The maximum absolute atomic E-state index is 13.2. The summed E-state index contributed by atoms with van der Waals surface area (Å²) in [4.78, 5) is 0. The molecule has 2 unspecified atom stereocenters. The summed E-state index contributed by atoms with van der Waals surface area (Å²) in [6.07, 6.45) is 5.38. The summed E-state index contributed by atoms with van der Waals surface area (Å²) in [5, 5.41) is 8.21. The van der Waals surface area contributed by atoms with Gasteiger partial charge in [-0.25, -0.2) is 13.5 Å². The second-order valence-corrected chi connectivity index (χ2v) is 7.31. The molecule has 0 aliphatic heterocycles. The third-order valence-corrected chi connectivity index (χ3v) is 5.35. The second kappa shape index (κ2) is 7.68. The Bertz CT molecular complexity index is 988. The lowest BCUT2D eigenvalue weighted by Crippen LogP contribution is -2.25. The van der Waals surface area contributed by atoms with Gasteiger partial charge in [0.15, 0.2) is 0 Å². The predicted octanol–water partition coefficient (Wildman–Crippen LogP) is 4.97. The van der Waals surface area contributed by atoms with E-state index in [0.717, 1.165) is 29.1 Å². The smallest absolute Gasteiger partial charge is 0.123 e. The van der Waals surface area contributed by atoms with Gasteiger partial charge in [-0.3, -0.25) is 0 Å². The molecular formula is C23H23F2N3. The van der Waals surface area contributed by atoms with Gasteiger partial charge in [0, 0.05) is 29.8 Å². The molecule has 0 amide bonds. The van der Waals surface area contributed by atoms with E-state index in [1.54, 1.807) is 24.3 Å². The van der Waals surface area contributed by atoms with Gasteiger partial charge in [0.25, 0.3) is 0 Å². The molecule has 3 aromatic rings. The van der Waals surface area contributed by atoms with Crippen molar-refractivity contribution < 1.29 is 8.78 Å². The van der Waals surface area contributed by atoms with E-state index in [1.165, 1.54) is 29.8 Å². The number of benzene rings is 2. The molecule has 3 nitrogen and oxygen atoms in total. The first-order valence-electron chi connectivity index (χ1n) is 9.49. The van der Waals surface area contributed by atoms with Crippen molar-refractivity contribution in [1.82, 2.24) is 15.1 Å². The molecule has 1 aliphatic rings. The molecule has 0 spiro atoms. The zero-order valence-corrected chi connectivity index (χ0v) is 16.0. The predicted molar refractivity (Wildman–Crippen MR) is 107 cm³/mol. The first kappa shape index (κ1) is 18.6. The first-order valence-corrected chi connectivity index (χ1v) is 9.49. The number of allylic oxidation sites excluding steroid dienone is 1. The second-order valence-electron chi connectivity index (χ2n) is 7.31. The molecule has 1 aromatic heterocycles. The van der Waals surface area contributed by atoms with Crippen molar-refractivity contribution in [1.29, 1.82) is 0 Å². The molecule has 0 saturated heterocycles. The normalized spacial score (nSPS) is 18.7. The van der Waals surface area contributed by atoms with Crippen molar-refractivity contribution in [2.45, 2.75) is 38.8 Å². The molecule has 5 heteroatoms. The summed E-state index contributed by atoms with van der Waals surface area (Å²) < 4.78 is 28.1. The fourth-order valence-electron chi connectivity index (χ4n) is 3.94. The number of hydrogen-bond acceptors (Lipinski definition) is 2. The Kier molecular flexibility index (Phi) is 5.09. The monoisotopic (exact) mass is 379 g/mol. The van der Waals surface area contributed by atoms with Crippen LogP contribution in [-0.4, -0.2) is 15.8 Å². The minimum Gasteiger partial charge on any atom is -0.306 e. The fourth-order valence-corrected chi connectivity index (χ4v) is 3.94. The van der Waals surface area contributed by atoms with Crippen LogP contribution < -0.4 is 5.32 Å². The highest BCUT2D eigenvalue weighted by Gasteiger charge is 2.26. The Balaban J connectivity index is 1.46. The zero-order valence-electron chi connectivity index (χ0n) is 16.0. The van der Waals surface area contributed by atoms with Crippen LogP contribution >= 0.6 is 0 Å². The zero-order chi connectivity index (χ0) is 19.7. The number of hydrogen-bond donors (Lipinski definition) is 1. The molecule has 28 heavy (non-hydrogen) atoms. The van der Waals surface area contributed by atoms with Crippen LogP contribution in [0.5, 0.6) is 0 Å². The van der Waals surface area contributed by atoms with Gasteiger partial charge in [0.2, 0.25) is 0 Å². The first-order chi connectivity index (χ1) is 13.5. The topological polar surface area (TPSA) is 29.9 Å². The Hall–Kier alpha value is -2.79. The van der Waals surface area contributed by atoms with Crippen LogP contribution in [0.1, 0.15) is 34.9 Å². The molecule has 2 atom stereocenters. The quantitative estimate of drug-likeness (QED) is 0.635. The summed E-state index contributed by atoms with van der Waals surface area (Å²) in [7, 11) is 0. The molecule has 1 aliphatic carbocycles. The van der Waals surface area contributed by atoms with Crippen LogP contribution in [0.2, 0.25) is 0 Å². The third kappa shape index (κ3) is 3.76. The summed E-state index contributed by atoms with van der Waals surface area (Å²) in [6, 6.07) is 13.3. The molecule has 0 bridgehead atoms. The SMILES string of the molecule is Cc1nn(-c2ccc(F)cc2)c(C)c1C1C=CC(NCc2ccc(F)cc2)C1. The molecular weight excluding hydrogens is 356 g/mol. The largest absolute Gasteiger partial charge is 0.306 e. The van der Waals surface area contributed by atoms with E-state index < -0.39 is 0 Å². The summed E-state index contributed by atoms with van der Waals surface area (Å²) >= 11 is 0. The molecule has 4 rings (SSSR count). The van der Waals surface area contributed by atoms with Crippen LogP contribution in [0.25, 0.3) is 5.69 Å². The van der Waals surface area contributed by atoms with Crippen LogP contribution in [0.15, 0.2) is 60.7 Å². The van der Waals surface area contributed by atoms with Gasteiger partial charge >= 0.3 is 0 Å². The summed E-state index contributed by atoms with van der Waals surface area (Å²) in [6.45, 7) is 4.79. The molecule has 2 aromatic carbocycles. The van der Waals surface area contributed by atoms with Gasteiger partial charge in [-0.15, -0.1) is 0 Å². The van der Waals surface area contributed by atoms with E-state index in [2.05, 4.69) is 29.5 Å². The summed E-state index contributed by atoms with van der Waals surface area (Å²) in [5.41, 5.74) is 5.23. The highest BCUT2D eigenvalue weighted by molar-refractivity contribution is 5.41. The number of rotatable bonds is 5. The average Bonchev–Trinajstić information content (AvgIpc) is 3.26. The minimum atomic E-state index is -0.251. The molecule has 0 saturated carbocycles. The van der Waals surface area contributed by atoms with Gasteiger partial charge in [-0.1, -0.05) is 24.3 Å². The van der Waals surface area contributed by atoms with Crippen LogP contribution in [0, 0.1) is 25.5 Å². The molecule has 1 heterocycles. The number of nitrogens with zero attached hydrogens (tertiary/aromatic N) is 2. The molecule has 0 radical (unpaired) electrons. The van der Waals surface area contributed by atoms with E-state index in [4.69, 9.17) is 0 Å². The lowest BCUT2D eigenvalue weighted by Gasteiger charge is -2.15. The standard InChI is InChI=1S/C23H23F2N3/c1-15-23(16(2)28(27-15)22-11-8-20(25)9-12-22)18-5-10-21(13-18)26-14-17-3-6-19(24)7-4-17/h3-12,18,21,26H,13-14H2,1-2H3. The number of halogens is 2. The van der Waals surface area contributed by atoms with Gasteiger partial charge < -0.3 is 5.32 Å². The van der Waals surface area contributed by atoms with Gasteiger partial charge in [-0.05, 0) is 62.2 Å². The van der Waals surface area contributed by atoms with E-state index in [1.807, 2.05) is 11.6 Å². The van der Waals surface area contributed by atoms with Crippen molar-refractivity contribution in [3.8, 4) is 5.69 Å². The lowest BCUT2D eigenvalue weighted by molar-refractivity contribution is 0.558. The van der Waals surface area contributed by atoms with Crippen molar-refractivity contribution in [3.05, 3.63) is 94.8 Å². The Morgan fingerprint density at radius 3 is 2.29 bits per heavy atom. The molecule has 144 valence electrons. The van der Waals surface area contributed by atoms with E-state index >= 15 is 0 Å². The Morgan fingerprint density at radius 2 is 1.61 bits per heavy atom. The number of aryl methyl sites for hydroxylation is 1. The van der Waals surface area contributed by atoms with Crippen LogP contribution in [-0.2, 0) is 6.54 Å². The maximum atomic E-state index is 13.2. The summed E-state index contributed by atoms with van der Waals surface area (Å²) in [5.74, 6) is -0.173. The Labute approximate surface area is 163 Å². The minimum absolute atomic E-state index is 0.214. The number of nitrogens with one attached hydrogen (secondary N) is 1. The van der Waals surface area contributed by atoms with Crippen molar-refractivity contribution in [2.75, 3.05) is 0 Å². The van der Waals surface area contributed by atoms with Gasteiger partial charge in [-0.2, -0.15) is 5.10 Å². The van der Waals surface area contributed by atoms with Crippen molar-refractivity contribution in [2.24, 2.45) is 0 Å². The van der Waals surface area contributed by atoms with Crippen LogP contribution in [0.3, 0.4) is 0 Å². The van der Waals surface area contributed by atoms with Gasteiger partial charge in [0.1, 0.15) is 11.6 Å². The third-order valence-electron chi connectivity index (χ3n) is 5.35. The van der Waals surface area contributed by atoms with E-state index in [-0.39, 0.29) is 17.7 Å². The van der Waals surface area contributed by atoms with Crippen molar-refractivity contribution in [3.63, 3.8) is 0 Å². The molecule has 1 N–H and O–H groups in total. The Morgan fingerprint density at radius 1 is 0.964 bits per heavy atom. The lowest BCUT2D eigenvalue weighted by atomic mass is 9.96. The average molecular weight is 379 g/mol. The van der Waals surface area contributed by atoms with Crippen LogP contribution in [0.4, 0.5) is 8.78 Å². The fraction of sp³-hybridized carbons (Fsp3) is 0.261. The maximum Gasteiger partial charge on any atom is 0.123 e.